The molecule has 0 spiro atoms. The molecule has 2 rings (SSSR count). The Hall–Kier alpha value is -1.98. The average Bonchev–Trinajstić information content (AvgIpc) is 3.11. The molecule has 1 aromatic heterocycles. The number of likely N-dealkylation sites (tertiary alicyclic amines) is 1. The van der Waals surface area contributed by atoms with Crippen LogP contribution in [0.15, 0.2) is 15.5 Å². The Morgan fingerprint density at radius 2 is 2.30 bits per heavy atom. The van der Waals surface area contributed by atoms with Crippen LogP contribution in [0.5, 0.6) is 0 Å². The molecule has 1 aliphatic rings. The van der Waals surface area contributed by atoms with Gasteiger partial charge in [-0.05, 0) is 31.2 Å². The van der Waals surface area contributed by atoms with E-state index in [1.807, 2.05) is 0 Å². The minimum Gasteiger partial charge on any atom is -0.465 e. The lowest BCUT2D eigenvalue weighted by molar-refractivity contribution is 0.0599. The first-order valence-corrected chi connectivity index (χ1v) is 8.05. The Bertz CT molecular complexity index is 594. The number of guanidine groups is 1. The minimum atomic E-state index is -0.375. The zero-order valence-corrected chi connectivity index (χ0v) is 14.7. The minimum absolute atomic E-state index is 0.358. The van der Waals surface area contributed by atoms with Gasteiger partial charge in [0.15, 0.2) is 5.96 Å². The number of esters is 1. The molecule has 2 heterocycles. The van der Waals surface area contributed by atoms with Crippen molar-refractivity contribution in [3.63, 3.8) is 0 Å². The molecule has 0 amide bonds. The fraction of sp³-hybridized carbons (Fsp3) is 0.647. The second kappa shape index (κ2) is 7.06. The van der Waals surface area contributed by atoms with Crippen LogP contribution < -0.4 is 5.32 Å². The van der Waals surface area contributed by atoms with Gasteiger partial charge in [-0.3, -0.25) is 4.99 Å². The van der Waals surface area contributed by atoms with Crippen molar-refractivity contribution in [2.45, 2.75) is 40.2 Å². The van der Waals surface area contributed by atoms with E-state index >= 15 is 0 Å². The molecule has 1 unspecified atom stereocenters. The predicted molar refractivity (Wildman–Crippen MR) is 89.6 cm³/mol. The monoisotopic (exact) mass is 321 g/mol. The van der Waals surface area contributed by atoms with E-state index in [1.54, 1.807) is 20.0 Å². The number of methoxy groups -OCH3 is 1. The second-order valence-corrected chi connectivity index (χ2v) is 6.41. The number of furan rings is 1. The molecule has 0 aliphatic carbocycles. The van der Waals surface area contributed by atoms with Crippen LogP contribution in [0.4, 0.5) is 0 Å². The first kappa shape index (κ1) is 17.4. The molecule has 23 heavy (non-hydrogen) atoms. The van der Waals surface area contributed by atoms with Crippen molar-refractivity contribution < 1.29 is 13.9 Å². The van der Waals surface area contributed by atoms with Gasteiger partial charge in [-0.25, -0.2) is 4.79 Å². The third kappa shape index (κ3) is 3.86. The lowest BCUT2D eigenvalue weighted by atomic mass is 9.87. The molecule has 0 bridgehead atoms. The maximum Gasteiger partial charge on any atom is 0.341 e. The van der Waals surface area contributed by atoms with E-state index in [-0.39, 0.29) is 5.97 Å². The number of aryl methyl sites for hydroxylation is 1. The van der Waals surface area contributed by atoms with Gasteiger partial charge in [-0.2, -0.15) is 0 Å². The molecule has 1 saturated heterocycles. The maximum atomic E-state index is 11.6. The summed E-state index contributed by atoms with van der Waals surface area (Å²) < 4.78 is 10.4. The summed E-state index contributed by atoms with van der Waals surface area (Å²) >= 11 is 0. The Morgan fingerprint density at radius 1 is 1.57 bits per heavy atom. The molecule has 1 aromatic rings. The molecule has 1 aliphatic heterocycles. The second-order valence-electron chi connectivity index (χ2n) is 6.41. The molecular formula is C17H27N3O3. The topological polar surface area (TPSA) is 67.1 Å². The van der Waals surface area contributed by atoms with Gasteiger partial charge >= 0.3 is 5.97 Å². The fourth-order valence-electron chi connectivity index (χ4n) is 2.94. The van der Waals surface area contributed by atoms with Gasteiger partial charge in [0, 0.05) is 20.1 Å². The van der Waals surface area contributed by atoms with Crippen molar-refractivity contribution in [3.8, 4) is 0 Å². The first-order valence-electron chi connectivity index (χ1n) is 8.05. The average molecular weight is 321 g/mol. The van der Waals surface area contributed by atoms with Crippen LogP contribution in [0.25, 0.3) is 0 Å². The summed E-state index contributed by atoms with van der Waals surface area (Å²) in [6, 6.07) is 1.72. The molecule has 1 atom stereocenters. The number of aliphatic imine (C=N–C) groups is 1. The van der Waals surface area contributed by atoms with Crippen LogP contribution >= 0.6 is 0 Å². The van der Waals surface area contributed by atoms with Crippen molar-refractivity contribution >= 4 is 11.9 Å². The van der Waals surface area contributed by atoms with Gasteiger partial charge in [-0.1, -0.05) is 13.8 Å². The van der Waals surface area contributed by atoms with Gasteiger partial charge in [0.25, 0.3) is 0 Å². The highest BCUT2D eigenvalue weighted by molar-refractivity contribution is 5.90. The molecular weight excluding hydrogens is 294 g/mol. The number of nitrogens with zero attached hydrogens (tertiary/aromatic N) is 2. The standard InChI is InChI=1S/C17H27N3O3/c1-6-17(3)7-8-20(11-17)16(18-4)19-10-13-9-14(12(2)23-13)15(21)22-5/h9H,6-8,10-11H2,1-5H3,(H,18,19). The van der Waals surface area contributed by atoms with E-state index < -0.39 is 0 Å². The van der Waals surface area contributed by atoms with Gasteiger partial charge in [-0.15, -0.1) is 0 Å². The number of hydrogen-bond acceptors (Lipinski definition) is 4. The number of ether oxygens (including phenoxy) is 1. The largest absolute Gasteiger partial charge is 0.465 e. The Balaban J connectivity index is 1.98. The fourth-order valence-corrected chi connectivity index (χ4v) is 2.94. The van der Waals surface area contributed by atoms with Crippen molar-refractivity contribution in [1.29, 1.82) is 0 Å². The van der Waals surface area contributed by atoms with Crippen LogP contribution in [0.2, 0.25) is 0 Å². The SMILES string of the molecule is CCC1(C)CCN(C(=NC)NCc2cc(C(=O)OC)c(C)o2)C1. The normalized spacial score (nSPS) is 21.6. The highest BCUT2D eigenvalue weighted by Gasteiger charge is 2.33. The zero-order chi connectivity index (χ0) is 17.0. The molecule has 1 fully saturated rings. The van der Waals surface area contributed by atoms with Gasteiger partial charge in [0.1, 0.15) is 17.1 Å². The van der Waals surface area contributed by atoms with Crippen LogP contribution in [-0.4, -0.2) is 44.1 Å². The molecule has 6 heteroatoms. The number of hydrogen-bond donors (Lipinski definition) is 1. The highest BCUT2D eigenvalue weighted by atomic mass is 16.5. The number of carbonyl (C=O) groups excluding carboxylic acids is 1. The zero-order valence-electron chi connectivity index (χ0n) is 14.7. The Labute approximate surface area is 137 Å². The molecule has 0 aromatic carbocycles. The van der Waals surface area contributed by atoms with Crippen molar-refractivity contribution in [2.24, 2.45) is 10.4 Å². The smallest absolute Gasteiger partial charge is 0.341 e. The van der Waals surface area contributed by atoms with E-state index in [0.717, 1.165) is 19.0 Å². The quantitative estimate of drug-likeness (QED) is 0.524. The number of nitrogens with one attached hydrogen (secondary N) is 1. The first-order chi connectivity index (χ1) is 10.9. The third-order valence-corrected chi connectivity index (χ3v) is 4.72. The summed E-state index contributed by atoms with van der Waals surface area (Å²) in [6.45, 7) is 8.82. The van der Waals surface area contributed by atoms with Crippen molar-refractivity contribution in [2.75, 3.05) is 27.2 Å². The summed E-state index contributed by atoms with van der Waals surface area (Å²) in [5, 5.41) is 3.32. The van der Waals surface area contributed by atoms with E-state index in [1.165, 1.54) is 20.0 Å². The molecule has 6 nitrogen and oxygen atoms in total. The van der Waals surface area contributed by atoms with Crippen LogP contribution in [0.1, 0.15) is 48.6 Å². The summed E-state index contributed by atoms with van der Waals surface area (Å²) in [5.74, 6) is 1.76. The van der Waals surface area contributed by atoms with E-state index in [2.05, 4.69) is 29.1 Å². The molecule has 0 saturated carbocycles. The van der Waals surface area contributed by atoms with Crippen molar-refractivity contribution in [3.05, 3.63) is 23.2 Å². The van der Waals surface area contributed by atoms with Crippen LogP contribution in [-0.2, 0) is 11.3 Å². The summed E-state index contributed by atoms with van der Waals surface area (Å²) in [4.78, 5) is 18.3. The van der Waals surface area contributed by atoms with Crippen molar-refractivity contribution in [1.82, 2.24) is 10.2 Å². The number of carbonyl (C=O) groups is 1. The van der Waals surface area contributed by atoms with Gasteiger partial charge < -0.3 is 19.4 Å². The maximum absolute atomic E-state index is 11.6. The highest BCUT2D eigenvalue weighted by Crippen LogP contribution is 2.32. The molecule has 1 N–H and O–H groups in total. The van der Waals surface area contributed by atoms with Crippen LogP contribution in [0.3, 0.4) is 0 Å². The predicted octanol–water partition coefficient (Wildman–Crippen LogP) is 2.57. The number of rotatable bonds is 4. The van der Waals surface area contributed by atoms with Crippen LogP contribution in [0, 0.1) is 12.3 Å². The van der Waals surface area contributed by atoms with Gasteiger partial charge in [0.2, 0.25) is 0 Å². The van der Waals surface area contributed by atoms with Gasteiger partial charge in [0.05, 0.1) is 13.7 Å². The lowest BCUT2D eigenvalue weighted by Crippen LogP contribution is -2.40. The van der Waals surface area contributed by atoms with E-state index in [0.29, 0.717) is 29.0 Å². The molecule has 128 valence electrons. The molecule has 0 radical (unpaired) electrons. The van der Waals surface area contributed by atoms with E-state index in [9.17, 15) is 4.79 Å². The third-order valence-electron chi connectivity index (χ3n) is 4.72. The summed E-state index contributed by atoms with van der Waals surface area (Å²) in [5.41, 5.74) is 0.829. The van der Waals surface area contributed by atoms with E-state index in [4.69, 9.17) is 9.15 Å². The Morgan fingerprint density at radius 3 is 2.87 bits per heavy atom. The summed E-state index contributed by atoms with van der Waals surface area (Å²) in [7, 11) is 3.16. The Kier molecular flexibility index (Phi) is 5.34. The lowest BCUT2D eigenvalue weighted by Gasteiger charge is -2.25. The summed E-state index contributed by atoms with van der Waals surface area (Å²) in [6.07, 6.45) is 2.34.